The molecule has 0 amide bonds. The number of para-hydroxylation sites is 2. The summed E-state index contributed by atoms with van der Waals surface area (Å²) in [6, 6.07) is 12.7. The van der Waals surface area contributed by atoms with E-state index >= 15 is 0 Å². The summed E-state index contributed by atoms with van der Waals surface area (Å²) in [7, 11) is 0. The Labute approximate surface area is 103 Å². The van der Waals surface area contributed by atoms with Crippen LogP contribution in [0.2, 0.25) is 0 Å². The number of aliphatic carboxylic acids is 1. The predicted octanol–water partition coefficient (Wildman–Crippen LogP) is 3.25. The Hall–Kier alpha value is -2.36. The van der Waals surface area contributed by atoms with Crippen molar-refractivity contribution in [1.29, 1.82) is 0 Å². The molecule has 0 aliphatic rings. The number of halogens is 1. The molecule has 0 saturated heterocycles. The highest BCUT2D eigenvalue weighted by atomic mass is 19.1. The van der Waals surface area contributed by atoms with Gasteiger partial charge in [-0.25, -0.2) is 4.39 Å². The maximum atomic E-state index is 13.4. The average molecular weight is 246 g/mol. The van der Waals surface area contributed by atoms with Crippen molar-refractivity contribution in [3.05, 3.63) is 59.9 Å². The van der Waals surface area contributed by atoms with Crippen molar-refractivity contribution < 1.29 is 19.0 Å². The van der Waals surface area contributed by atoms with Crippen molar-refractivity contribution in [1.82, 2.24) is 0 Å². The molecule has 3 nitrogen and oxygen atoms in total. The van der Waals surface area contributed by atoms with Gasteiger partial charge in [0.25, 0.3) is 0 Å². The van der Waals surface area contributed by atoms with E-state index < -0.39 is 11.8 Å². The van der Waals surface area contributed by atoms with Gasteiger partial charge in [0, 0.05) is 5.56 Å². The van der Waals surface area contributed by atoms with E-state index in [1.54, 1.807) is 36.4 Å². The topological polar surface area (TPSA) is 46.5 Å². The van der Waals surface area contributed by atoms with Crippen molar-refractivity contribution in [2.24, 2.45) is 0 Å². The molecule has 0 heterocycles. The predicted molar refractivity (Wildman–Crippen MR) is 64.3 cm³/mol. The van der Waals surface area contributed by atoms with Gasteiger partial charge in [-0.15, -0.1) is 0 Å². The lowest BCUT2D eigenvalue weighted by Gasteiger charge is -2.10. The Morgan fingerprint density at radius 1 is 1.06 bits per heavy atom. The average Bonchev–Trinajstić information content (AvgIpc) is 2.34. The molecule has 1 N–H and O–H groups in total. The number of carboxylic acids is 1. The maximum absolute atomic E-state index is 13.4. The minimum Gasteiger partial charge on any atom is -0.481 e. The van der Waals surface area contributed by atoms with Gasteiger partial charge in [-0.1, -0.05) is 30.3 Å². The molecule has 0 aliphatic carbocycles. The normalized spacial score (nSPS) is 10.1. The van der Waals surface area contributed by atoms with E-state index in [4.69, 9.17) is 9.84 Å². The van der Waals surface area contributed by atoms with Crippen LogP contribution >= 0.6 is 0 Å². The molecule has 0 bridgehead atoms. The van der Waals surface area contributed by atoms with Crippen molar-refractivity contribution in [3.63, 3.8) is 0 Å². The summed E-state index contributed by atoms with van der Waals surface area (Å²) in [5, 5.41) is 8.78. The number of rotatable bonds is 4. The van der Waals surface area contributed by atoms with Crippen molar-refractivity contribution in [2.75, 3.05) is 0 Å². The SMILES string of the molecule is O=C(O)Cc1ccccc1Oc1ccccc1F. The highest BCUT2D eigenvalue weighted by Gasteiger charge is 2.10. The van der Waals surface area contributed by atoms with Crippen molar-refractivity contribution >= 4 is 5.97 Å². The van der Waals surface area contributed by atoms with Gasteiger partial charge >= 0.3 is 5.97 Å². The number of hydrogen-bond acceptors (Lipinski definition) is 2. The summed E-state index contributed by atoms with van der Waals surface area (Å²) in [6.45, 7) is 0. The number of ether oxygens (including phenoxy) is 1. The second kappa shape index (κ2) is 5.31. The Balaban J connectivity index is 2.29. The van der Waals surface area contributed by atoms with Gasteiger partial charge in [-0.2, -0.15) is 0 Å². The first-order chi connectivity index (χ1) is 8.66. The molecule has 0 atom stereocenters. The minimum absolute atomic E-state index is 0.0790. The quantitative estimate of drug-likeness (QED) is 0.900. The zero-order valence-electron chi connectivity index (χ0n) is 9.47. The van der Waals surface area contributed by atoms with Crippen LogP contribution in [0, 0.1) is 5.82 Å². The largest absolute Gasteiger partial charge is 0.481 e. The monoisotopic (exact) mass is 246 g/mol. The molecule has 92 valence electrons. The molecular formula is C14H11FO3. The van der Waals surface area contributed by atoms with Crippen LogP contribution in [0.5, 0.6) is 11.5 Å². The number of carboxylic acid groups (broad SMARTS) is 1. The lowest BCUT2D eigenvalue weighted by molar-refractivity contribution is -0.136. The number of benzene rings is 2. The van der Waals surface area contributed by atoms with Crippen LogP contribution in [0.3, 0.4) is 0 Å². The smallest absolute Gasteiger partial charge is 0.307 e. The molecule has 2 aromatic carbocycles. The van der Waals surface area contributed by atoms with Crippen molar-refractivity contribution in [3.8, 4) is 11.5 Å². The van der Waals surface area contributed by atoms with Crippen LogP contribution < -0.4 is 4.74 Å². The van der Waals surface area contributed by atoms with Gasteiger partial charge in [0.15, 0.2) is 11.6 Å². The van der Waals surface area contributed by atoms with E-state index in [1.807, 2.05) is 0 Å². The highest BCUT2D eigenvalue weighted by Crippen LogP contribution is 2.27. The van der Waals surface area contributed by atoms with Crippen LogP contribution in [0.25, 0.3) is 0 Å². The molecule has 0 saturated carbocycles. The van der Waals surface area contributed by atoms with E-state index in [0.717, 1.165) is 0 Å². The zero-order valence-corrected chi connectivity index (χ0v) is 9.47. The summed E-state index contributed by atoms with van der Waals surface area (Å²) in [5.74, 6) is -1.01. The molecule has 0 spiro atoms. The minimum atomic E-state index is -0.959. The van der Waals surface area contributed by atoms with Crippen LogP contribution in [0.4, 0.5) is 4.39 Å². The molecular weight excluding hydrogens is 235 g/mol. The molecule has 0 aromatic heterocycles. The Morgan fingerprint density at radius 3 is 2.33 bits per heavy atom. The molecule has 2 rings (SSSR count). The Bertz CT molecular complexity index is 566. The third-order valence-corrected chi connectivity index (χ3v) is 2.37. The van der Waals surface area contributed by atoms with E-state index in [9.17, 15) is 9.18 Å². The van der Waals surface area contributed by atoms with Crippen LogP contribution in [-0.2, 0) is 11.2 Å². The third kappa shape index (κ3) is 2.85. The fourth-order valence-corrected chi connectivity index (χ4v) is 1.56. The second-order valence-corrected chi connectivity index (χ2v) is 3.71. The molecule has 0 aliphatic heterocycles. The van der Waals surface area contributed by atoms with E-state index in [-0.39, 0.29) is 12.2 Å². The van der Waals surface area contributed by atoms with E-state index in [1.165, 1.54) is 12.1 Å². The summed E-state index contributed by atoms with van der Waals surface area (Å²) < 4.78 is 18.8. The molecule has 0 unspecified atom stereocenters. The summed E-state index contributed by atoms with van der Waals surface area (Å²) in [6.07, 6.45) is -0.162. The molecule has 0 fully saturated rings. The van der Waals surface area contributed by atoms with Gasteiger partial charge in [0.05, 0.1) is 6.42 Å². The van der Waals surface area contributed by atoms with Crippen LogP contribution in [0.1, 0.15) is 5.56 Å². The second-order valence-electron chi connectivity index (χ2n) is 3.71. The van der Waals surface area contributed by atoms with Gasteiger partial charge in [0.2, 0.25) is 0 Å². The summed E-state index contributed by atoms with van der Waals surface area (Å²) in [4.78, 5) is 10.7. The molecule has 18 heavy (non-hydrogen) atoms. The molecule has 2 aromatic rings. The lowest BCUT2D eigenvalue weighted by atomic mass is 10.1. The summed E-state index contributed by atoms with van der Waals surface area (Å²) in [5.41, 5.74) is 0.508. The van der Waals surface area contributed by atoms with Crippen LogP contribution in [0.15, 0.2) is 48.5 Å². The first-order valence-electron chi connectivity index (χ1n) is 5.39. The first-order valence-corrected chi connectivity index (χ1v) is 5.39. The fraction of sp³-hybridized carbons (Fsp3) is 0.0714. The van der Waals surface area contributed by atoms with Gasteiger partial charge in [0.1, 0.15) is 5.75 Å². The highest BCUT2D eigenvalue weighted by molar-refractivity contribution is 5.71. The maximum Gasteiger partial charge on any atom is 0.307 e. The van der Waals surface area contributed by atoms with E-state index in [2.05, 4.69) is 0 Å². The van der Waals surface area contributed by atoms with E-state index in [0.29, 0.717) is 11.3 Å². The van der Waals surface area contributed by atoms with Gasteiger partial charge in [-0.05, 0) is 18.2 Å². The van der Waals surface area contributed by atoms with Gasteiger partial charge in [-0.3, -0.25) is 4.79 Å². The van der Waals surface area contributed by atoms with Crippen molar-refractivity contribution in [2.45, 2.75) is 6.42 Å². The summed E-state index contributed by atoms with van der Waals surface area (Å²) >= 11 is 0. The molecule has 0 radical (unpaired) electrons. The Kier molecular flexibility index (Phi) is 3.57. The third-order valence-electron chi connectivity index (χ3n) is 2.37. The first kappa shape index (κ1) is 12.1. The standard InChI is InChI=1S/C14H11FO3/c15-11-6-2-4-8-13(11)18-12-7-3-1-5-10(12)9-14(16)17/h1-8H,9H2,(H,16,17). The molecule has 4 heteroatoms. The zero-order chi connectivity index (χ0) is 13.0. The van der Waals surface area contributed by atoms with Crippen LogP contribution in [-0.4, -0.2) is 11.1 Å². The lowest BCUT2D eigenvalue weighted by Crippen LogP contribution is -2.02. The number of carbonyl (C=O) groups is 1. The van der Waals surface area contributed by atoms with Gasteiger partial charge < -0.3 is 9.84 Å². The number of hydrogen-bond donors (Lipinski definition) is 1. The Morgan fingerprint density at radius 2 is 1.67 bits per heavy atom. The fourth-order valence-electron chi connectivity index (χ4n) is 1.56.